The van der Waals surface area contributed by atoms with E-state index in [2.05, 4.69) is 0 Å². The van der Waals surface area contributed by atoms with Crippen molar-refractivity contribution in [3.63, 3.8) is 0 Å². The van der Waals surface area contributed by atoms with Gasteiger partial charge in [-0.1, -0.05) is 42.5 Å². The van der Waals surface area contributed by atoms with Crippen molar-refractivity contribution in [1.82, 2.24) is 14.1 Å². The first-order chi connectivity index (χ1) is 16.1. The Morgan fingerprint density at radius 2 is 1.58 bits per heavy atom. The number of methoxy groups -OCH3 is 1. The molecule has 0 radical (unpaired) electrons. The van der Waals surface area contributed by atoms with Crippen LogP contribution >= 0.6 is 0 Å². The van der Waals surface area contributed by atoms with Crippen LogP contribution in [-0.2, 0) is 20.0 Å². The Kier molecular flexibility index (Phi) is 5.26. The quantitative estimate of drug-likeness (QED) is 0.387. The van der Waals surface area contributed by atoms with Gasteiger partial charge in [-0.3, -0.25) is 14.2 Å². The number of aromatic nitrogens is 3. The molecule has 2 aromatic heterocycles. The lowest BCUT2D eigenvalue weighted by molar-refractivity contribution is 0.415. The van der Waals surface area contributed by atoms with Crippen molar-refractivity contribution in [1.29, 1.82) is 0 Å². The lowest BCUT2D eigenvalue weighted by atomic mass is 10.1. The number of aryl methyl sites for hydroxylation is 2. The molecule has 5 rings (SSSR count). The zero-order chi connectivity index (χ0) is 22.9. The average molecular weight is 437 g/mol. The minimum absolute atomic E-state index is 0.113. The van der Waals surface area contributed by atoms with Crippen LogP contribution in [0.25, 0.3) is 33.3 Å². The third-order valence-electron chi connectivity index (χ3n) is 6.02. The predicted octanol–water partition coefficient (Wildman–Crippen LogP) is 4.17. The number of rotatable bonds is 5. The highest BCUT2D eigenvalue weighted by Gasteiger charge is 2.19. The van der Waals surface area contributed by atoms with Crippen LogP contribution in [0.4, 0.5) is 0 Å². The van der Waals surface area contributed by atoms with Gasteiger partial charge in [0, 0.05) is 24.5 Å². The molecule has 6 nitrogen and oxygen atoms in total. The van der Waals surface area contributed by atoms with Crippen molar-refractivity contribution in [2.24, 2.45) is 7.05 Å². The van der Waals surface area contributed by atoms with Crippen molar-refractivity contribution in [2.45, 2.75) is 13.0 Å². The Morgan fingerprint density at radius 1 is 0.879 bits per heavy atom. The number of hydrogen-bond donors (Lipinski definition) is 0. The van der Waals surface area contributed by atoms with Gasteiger partial charge in [0.2, 0.25) is 5.43 Å². The molecular weight excluding hydrogens is 414 g/mol. The molecular formula is C27H23N3O3. The number of pyridine rings is 1. The molecule has 0 bridgehead atoms. The number of para-hydroxylation sites is 1. The second-order valence-corrected chi connectivity index (χ2v) is 7.96. The largest absolute Gasteiger partial charge is 0.497 e. The number of benzene rings is 3. The van der Waals surface area contributed by atoms with Crippen LogP contribution in [0.15, 0.2) is 88.5 Å². The van der Waals surface area contributed by atoms with Crippen molar-refractivity contribution in [3.05, 3.63) is 105 Å². The summed E-state index contributed by atoms with van der Waals surface area (Å²) in [5.41, 5.74) is 2.40. The average Bonchev–Trinajstić information content (AvgIpc) is 2.87. The molecule has 3 aromatic carbocycles. The maximum absolute atomic E-state index is 13.8. The summed E-state index contributed by atoms with van der Waals surface area (Å²) >= 11 is 0. The minimum atomic E-state index is -0.326. The third kappa shape index (κ3) is 3.59. The van der Waals surface area contributed by atoms with E-state index in [1.54, 1.807) is 17.7 Å². The topological polar surface area (TPSA) is 66.1 Å². The van der Waals surface area contributed by atoms with E-state index < -0.39 is 0 Å². The third-order valence-corrected chi connectivity index (χ3v) is 6.02. The van der Waals surface area contributed by atoms with Gasteiger partial charge in [-0.2, -0.15) is 0 Å². The van der Waals surface area contributed by atoms with Crippen LogP contribution in [0.1, 0.15) is 5.56 Å². The molecule has 2 heterocycles. The van der Waals surface area contributed by atoms with Gasteiger partial charge in [0.25, 0.3) is 5.56 Å². The maximum atomic E-state index is 13.8. The van der Waals surface area contributed by atoms with E-state index in [0.29, 0.717) is 29.8 Å². The Bertz CT molecular complexity index is 1580. The predicted molar refractivity (Wildman–Crippen MR) is 131 cm³/mol. The zero-order valence-corrected chi connectivity index (χ0v) is 18.5. The first-order valence-corrected chi connectivity index (χ1v) is 10.8. The van der Waals surface area contributed by atoms with Crippen molar-refractivity contribution >= 4 is 21.9 Å². The molecule has 5 aromatic rings. The van der Waals surface area contributed by atoms with E-state index in [4.69, 9.17) is 9.72 Å². The molecule has 33 heavy (non-hydrogen) atoms. The zero-order valence-electron chi connectivity index (χ0n) is 18.5. The summed E-state index contributed by atoms with van der Waals surface area (Å²) in [6.07, 6.45) is 0.644. The SMILES string of the molecule is COc1ccc(-c2nc3c(c(=O)c4ccccc4n3C)c(=O)n2CCc2ccccc2)cc1. The van der Waals surface area contributed by atoms with Crippen molar-refractivity contribution in [3.8, 4) is 17.1 Å². The number of hydrogen-bond acceptors (Lipinski definition) is 4. The highest BCUT2D eigenvalue weighted by Crippen LogP contribution is 2.23. The fourth-order valence-electron chi connectivity index (χ4n) is 4.25. The molecule has 0 unspecified atom stereocenters. The van der Waals surface area contributed by atoms with Crippen LogP contribution in [0.3, 0.4) is 0 Å². The van der Waals surface area contributed by atoms with Gasteiger partial charge < -0.3 is 9.30 Å². The van der Waals surface area contributed by atoms with E-state index in [9.17, 15) is 9.59 Å². The molecule has 0 saturated heterocycles. The van der Waals surface area contributed by atoms with E-state index in [1.165, 1.54) is 0 Å². The summed E-state index contributed by atoms with van der Waals surface area (Å²) in [6, 6.07) is 24.7. The second kappa shape index (κ2) is 8.39. The van der Waals surface area contributed by atoms with Gasteiger partial charge in [-0.05, 0) is 48.4 Å². The summed E-state index contributed by atoms with van der Waals surface area (Å²) in [5.74, 6) is 1.24. The first kappa shape index (κ1) is 20.7. The molecule has 164 valence electrons. The fourth-order valence-corrected chi connectivity index (χ4v) is 4.25. The van der Waals surface area contributed by atoms with Crippen LogP contribution in [0.2, 0.25) is 0 Å². The first-order valence-electron chi connectivity index (χ1n) is 10.8. The normalized spacial score (nSPS) is 11.2. The molecule has 0 atom stereocenters. The molecule has 0 spiro atoms. The lowest BCUT2D eigenvalue weighted by Gasteiger charge is -2.16. The Hall–Kier alpha value is -4.19. The molecule has 0 fully saturated rings. The van der Waals surface area contributed by atoms with Crippen LogP contribution < -0.4 is 15.7 Å². The molecule has 0 amide bonds. The molecule has 0 aliphatic heterocycles. The van der Waals surface area contributed by atoms with Crippen LogP contribution in [0, 0.1) is 0 Å². The smallest absolute Gasteiger partial charge is 0.267 e. The van der Waals surface area contributed by atoms with Crippen LogP contribution in [0.5, 0.6) is 5.75 Å². The van der Waals surface area contributed by atoms with Gasteiger partial charge in [0.15, 0.2) is 5.65 Å². The van der Waals surface area contributed by atoms with Gasteiger partial charge in [0.05, 0.1) is 12.6 Å². The summed E-state index contributed by atoms with van der Waals surface area (Å²) < 4.78 is 8.72. The van der Waals surface area contributed by atoms with E-state index in [-0.39, 0.29) is 16.4 Å². The second-order valence-electron chi connectivity index (χ2n) is 7.96. The Labute approximate surface area is 190 Å². The van der Waals surface area contributed by atoms with E-state index in [1.807, 2.05) is 84.4 Å². The van der Waals surface area contributed by atoms with Gasteiger partial charge in [-0.25, -0.2) is 4.98 Å². The molecule has 0 aliphatic carbocycles. The van der Waals surface area contributed by atoms with E-state index >= 15 is 0 Å². The van der Waals surface area contributed by atoms with Crippen molar-refractivity contribution in [2.75, 3.05) is 7.11 Å². The summed E-state index contributed by atoms with van der Waals surface area (Å²) in [4.78, 5) is 32.0. The fraction of sp³-hybridized carbons (Fsp3) is 0.148. The highest BCUT2D eigenvalue weighted by atomic mass is 16.5. The lowest BCUT2D eigenvalue weighted by Crippen LogP contribution is -2.29. The minimum Gasteiger partial charge on any atom is -0.497 e. The standard InChI is InChI=1S/C27H23N3O3/c1-29-22-11-7-6-10-21(22)24(31)23-26(29)28-25(19-12-14-20(33-2)15-13-19)30(27(23)32)17-16-18-8-4-3-5-9-18/h3-15H,16-17H2,1-2H3. The highest BCUT2D eigenvalue weighted by molar-refractivity contribution is 5.91. The van der Waals surface area contributed by atoms with Crippen molar-refractivity contribution < 1.29 is 4.74 Å². The van der Waals surface area contributed by atoms with Crippen LogP contribution in [-0.4, -0.2) is 21.2 Å². The van der Waals surface area contributed by atoms with Gasteiger partial charge in [-0.15, -0.1) is 0 Å². The number of nitrogens with zero attached hydrogens (tertiary/aromatic N) is 3. The number of ether oxygens (including phenoxy) is 1. The molecule has 0 aliphatic rings. The Balaban J connectivity index is 1.79. The van der Waals surface area contributed by atoms with Gasteiger partial charge in [0.1, 0.15) is 17.0 Å². The monoisotopic (exact) mass is 437 g/mol. The summed E-state index contributed by atoms with van der Waals surface area (Å²) in [7, 11) is 3.45. The molecule has 0 saturated carbocycles. The summed E-state index contributed by atoms with van der Waals surface area (Å²) in [6.45, 7) is 0.406. The molecule has 6 heteroatoms. The van der Waals surface area contributed by atoms with E-state index in [0.717, 1.165) is 22.4 Å². The Morgan fingerprint density at radius 3 is 2.30 bits per heavy atom. The summed E-state index contributed by atoms with van der Waals surface area (Å²) in [5, 5.41) is 0.625. The van der Waals surface area contributed by atoms with Gasteiger partial charge >= 0.3 is 0 Å². The molecule has 0 N–H and O–H groups in total. The number of fused-ring (bicyclic) bond motifs is 2. The maximum Gasteiger partial charge on any atom is 0.267 e.